The van der Waals surface area contributed by atoms with Crippen molar-refractivity contribution in [2.75, 3.05) is 25.7 Å². The number of carbonyl (C=O) groups is 1. The Labute approximate surface area is 77.6 Å². The number of hydrogen-bond donors (Lipinski definition) is 0. The average molecular weight is 192 g/mol. The van der Waals surface area contributed by atoms with Gasteiger partial charge in [0.1, 0.15) is 0 Å². The summed E-state index contributed by atoms with van der Waals surface area (Å²) < 4.78 is 4.91. The van der Waals surface area contributed by atoms with E-state index in [1.807, 2.05) is 11.8 Å². The van der Waals surface area contributed by atoms with Crippen LogP contribution in [-0.4, -0.2) is 36.6 Å². The minimum absolute atomic E-state index is 0.0451. The van der Waals surface area contributed by atoms with Crippen LogP contribution in [0.3, 0.4) is 0 Å². The van der Waals surface area contributed by atoms with Crippen LogP contribution in [0, 0.1) is 5.92 Å². The monoisotopic (exact) mass is 191 g/mol. The minimum atomic E-state index is -0.0786. The van der Waals surface area contributed by atoms with Gasteiger partial charge in [0.15, 0.2) is 0 Å². The van der Waals surface area contributed by atoms with Crippen LogP contribution in [0.25, 0.3) is 0 Å². The molecule has 3 nitrogen and oxygen atoms in total. The third-order valence-electron chi connectivity index (χ3n) is 2.06. The van der Waals surface area contributed by atoms with Crippen LogP contribution >= 0.6 is 11.6 Å². The molecule has 0 bridgehead atoms. The summed E-state index contributed by atoms with van der Waals surface area (Å²) in [6.45, 7) is 3.96. The van der Waals surface area contributed by atoms with E-state index in [-0.39, 0.29) is 11.9 Å². The largest absolute Gasteiger partial charge is 0.466 e. The van der Waals surface area contributed by atoms with Crippen molar-refractivity contribution in [2.45, 2.75) is 13.3 Å². The minimum Gasteiger partial charge on any atom is -0.466 e. The van der Waals surface area contributed by atoms with E-state index in [0.29, 0.717) is 12.6 Å². The van der Waals surface area contributed by atoms with Crippen LogP contribution in [0.4, 0.5) is 0 Å². The molecule has 70 valence electrons. The number of halogens is 1. The molecule has 0 spiro atoms. The molecule has 0 N–H and O–H groups in total. The fourth-order valence-electron chi connectivity index (χ4n) is 1.39. The average Bonchev–Trinajstić information content (AvgIpc) is 2.52. The Kier molecular flexibility index (Phi) is 3.82. The molecule has 0 radical (unpaired) electrons. The second-order valence-corrected chi connectivity index (χ2v) is 3.17. The topological polar surface area (TPSA) is 29.5 Å². The summed E-state index contributed by atoms with van der Waals surface area (Å²) in [6, 6.07) is 0.510. The Morgan fingerprint density at radius 3 is 3.00 bits per heavy atom. The number of ether oxygens (including phenoxy) is 1. The van der Waals surface area contributed by atoms with Crippen LogP contribution in [0.1, 0.15) is 13.3 Å². The zero-order valence-corrected chi connectivity index (χ0v) is 8.01. The van der Waals surface area contributed by atoms with Crippen molar-refractivity contribution in [3.05, 3.63) is 0 Å². The Balaban J connectivity index is 2.31. The first-order chi connectivity index (χ1) is 5.77. The Bertz CT molecular complexity index is 163. The van der Waals surface area contributed by atoms with E-state index in [2.05, 4.69) is 0 Å². The second-order valence-electron chi connectivity index (χ2n) is 2.93. The SMILES string of the molecule is CCOC(=O)C1CCN(CCl)C1. The van der Waals surface area contributed by atoms with Gasteiger partial charge in [0.05, 0.1) is 18.5 Å². The first-order valence-electron chi connectivity index (χ1n) is 4.23. The molecule has 1 unspecified atom stereocenters. The van der Waals surface area contributed by atoms with Gasteiger partial charge in [-0.3, -0.25) is 9.69 Å². The zero-order chi connectivity index (χ0) is 8.97. The summed E-state index contributed by atoms with van der Waals surface area (Å²) in [5, 5.41) is 0. The summed E-state index contributed by atoms with van der Waals surface area (Å²) in [5.41, 5.74) is 0. The van der Waals surface area contributed by atoms with E-state index in [9.17, 15) is 4.79 Å². The molecule has 1 heterocycles. The van der Waals surface area contributed by atoms with Gasteiger partial charge >= 0.3 is 5.97 Å². The van der Waals surface area contributed by atoms with E-state index in [0.717, 1.165) is 19.5 Å². The number of nitrogens with zero attached hydrogens (tertiary/aromatic N) is 1. The molecule has 1 fully saturated rings. The summed E-state index contributed by atoms with van der Waals surface area (Å²) in [7, 11) is 0. The van der Waals surface area contributed by atoms with E-state index >= 15 is 0 Å². The second kappa shape index (κ2) is 4.67. The molecule has 1 aliphatic heterocycles. The highest BCUT2D eigenvalue weighted by Crippen LogP contribution is 2.17. The van der Waals surface area contributed by atoms with E-state index in [1.165, 1.54) is 0 Å². The van der Waals surface area contributed by atoms with Gasteiger partial charge in [-0.15, -0.1) is 11.6 Å². The molecule has 0 aliphatic carbocycles. The molecule has 4 heteroatoms. The molecule has 0 aromatic heterocycles. The number of hydrogen-bond acceptors (Lipinski definition) is 3. The van der Waals surface area contributed by atoms with Crippen molar-refractivity contribution < 1.29 is 9.53 Å². The predicted octanol–water partition coefficient (Wildman–Crippen LogP) is 1.07. The number of alkyl halides is 1. The van der Waals surface area contributed by atoms with Crippen LogP contribution < -0.4 is 0 Å². The van der Waals surface area contributed by atoms with Crippen LogP contribution in [0.2, 0.25) is 0 Å². The van der Waals surface area contributed by atoms with Crippen LogP contribution in [0.5, 0.6) is 0 Å². The number of carbonyl (C=O) groups excluding carboxylic acids is 1. The van der Waals surface area contributed by atoms with E-state index in [1.54, 1.807) is 0 Å². The van der Waals surface area contributed by atoms with Gasteiger partial charge < -0.3 is 4.74 Å². The van der Waals surface area contributed by atoms with E-state index < -0.39 is 0 Å². The quantitative estimate of drug-likeness (QED) is 0.380. The highest BCUT2D eigenvalue weighted by atomic mass is 35.5. The van der Waals surface area contributed by atoms with Crippen molar-refractivity contribution in [1.82, 2.24) is 4.90 Å². The van der Waals surface area contributed by atoms with E-state index in [4.69, 9.17) is 16.3 Å². The lowest BCUT2D eigenvalue weighted by molar-refractivity contribution is -0.147. The molecule has 1 rings (SSSR count). The van der Waals surface area contributed by atoms with Crippen LogP contribution in [0.15, 0.2) is 0 Å². The highest BCUT2D eigenvalue weighted by Gasteiger charge is 2.28. The third kappa shape index (κ3) is 2.35. The van der Waals surface area contributed by atoms with Gasteiger partial charge in [0.25, 0.3) is 0 Å². The van der Waals surface area contributed by atoms with Gasteiger partial charge in [0, 0.05) is 13.1 Å². The van der Waals surface area contributed by atoms with Gasteiger partial charge in [-0.05, 0) is 13.3 Å². The number of rotatable bonds is 3. The lowest BCUT2D eigenvalue weighted by Crippen LogP contribution is -2.23. The van der Waals surface area contributed by atoms with Crippen molar-refractivity contribution in [2.24, 2.45) is 5.92 Å². The predicted molar refractivity (Wildman–Crippen MR) is 47.0 cm³/mol. The maximum absolute atomic E-state index is 11.2. The van der Waals surface area contributed by atoms with Crippen molar-refractivity contribution in [3.8, 4) is 0 Å². The standard InChI is InChI=1S/C8H14ClNO2/c1-2-12-8(11)7-3-4-10(5-7)6-9/h7H,2-6H2,1H3. The smallest absolute Gasteiger partial charge is 0.310 e. The molecule has 12 heavy (non-hydrogen) atoms. The molecular weight excluding hydrogens is 178 g/mol. The number of likely N-dealkylation sites (tertiary alicyclic amines) is 1. The third-order valence-corrected chi connectivity index (χ3v) is 2.40. The summed E-state index contributed by atoms with van der Waals surface area (Å²) in [5.74, 6) is -0.0335. The molecule has 1 saturated heterocycles. The Hall–Kier alpha value is -0.280. The lowest BCUT2D eigenvalue weighted by Gasteiger charge is -2.10. The van der Waals surface area contributed by atoms with Crippen molar-refractivity contribution >= 4 is 17.6 Å². The zero-order valence-electron chi connectivity index (χ0n) is 7.25. The van der Waals surface area contributed by atoms with Gasteiger partial charge in [-0.1, -0.05) is 0 Å². The fourth-order valence-corrected chi connectivity index (χ4v) is 1.61. The molecule has 0 aromatic rings. The maximum Gasteiger partial charge on any atom is 0.310 e. The van der Waals surface area contributed by atoms with Crippen LogP contribution in [-0.2, 0) is 9.53 Å². The molecule has 1 atom stereocenters. The number of esters is 1. The normalized spacial score (nSPS) is 24.3. The first-order valence-corrected chi connectivity index (χ1v) is 4.76. The summed E-state index contributed by atoms with van der Waals surface area (Å²) in [4.78, 5) is 13.3. The summed E-state index contributed by atoms with van der Waals surface area (Å²) in [6.07, 6.45) is 0.881. The molecular formula is C8H14ClNO2. The molecule has 0 aromatic carbocycles. The Morgan fingerprint density at radius 1 is 1.75 bits per heavy atom. The van der Waals surface area contributed by atoms with Gasteiger partial charge in [0.2, 0.25) is 0 Å². The van der Waals surface area contributed by atoms with Gasteiger partial charge in [-0.2, -0.15) is 0 Å². The fraction of sp³-hybridized carbons (Fsp3) is 0.875. The van der Waals surface area contributed by atoms with Crippen molar-refractivity contribution in [1.29, 1.82) is 0 Å². The molecule has 0 amide bonds. The summed E-state index contributed by atoms with van der Waals surface area (Å²) >= 11 is 5.63. The maximum atomic E-state index is 11.2. The van der Waals surface area contributed by atoms with Crippen molar-refractivity contribution in [3.63, 3.8) is 0 Å². The first kappa shape index (κ1) is 9.81. The van der Waals surface area contributed by atoms with Gasteiger partial charge in [-0.25, -0.2) is 0 Å². The Morgan fingerprint density at radius 2 is 2.50 bits per heavy atom. The highest BCUT2D eigenvalue weighted by molar-refractivity contribution is 6.17. The molecule has 1 aliphatic rings. The lowest BCUT2D eigenvalue weighted by atomic mass is 10.1. The molecule has 0 saturated carbocycles.